The molecule has 1 aliphatic rings. The molecule has 1 aromatic heterocycles. The monoisotopic (exact) mass is 325 g/mol. The van der Waals surface area contributed by atoms with Crippen molar-refractivity contribution in [3.8, 4) is 6.07 Å². The fraction of sp³-hybridized carbons (Fsp3) is 0.353. The Morgan fingerprint density at radius 2 is 1.67 bits per heavy atom. The first kappa shape index (κ1) is 15.9. The first-order valence-electron chi connectivity index (χ1n) is 7.85. The lowest BCUT2D eigenvalue weighted by Crippen LogP contribution is -2.39. The molecule has 7 heteroatoms. The molecule has 24 heavy (non-hydrogen) atoms. The largest absolute Gasteiger partial charge is 0.372 e. The van der Waals surface area contributed by atoms with Crippen molar-refractivity contribution in [3.63, 3.8) is 0 Å². The maximum Gasteiger partial charge on any atom is 0.332 e. The number of benzene rings is 1. The van der Waals surface area contributed by atoms with Gasteiger partial charge in [-0.05, 0) is 37.1 Å². The predicted molar refractivity (Wildman–Crippen MR) is 92.8 cm³/mol. The molecule has 0 aliphatic carbocycles. The van der Waals surface area contributed by atoms with Gasteiger partial charge in [0.1, 0.15) is 11.9 Å². The minimum absolute atomic E-state index is 0.0804. The summed E-state index contributed by atoms with van der Waals surface area (Å²) in [5.41, 5.74) is 0.712. The molecule has 1 N–H and O–H groups in total. The van der Waals surface area contributed by atoms with Gasteiger partial charge in [-0.25, -0.2) is 4.79 Å². The van der Waals surface area contributed by atoms with Crippen LogP contribution in [0.15, 0.2) is 33.9 Å². The third-order valence-corrected chi connectivity index (χ3v) is 4.38. The number of anilines is 3. The van der Waals surface area contributed by atoms with E-state index < -0.39 is 11.2 Å². The first-order chi connectivity index (χ1) is 11.5. The van der Waals surface area contributed by atoms with E-state index in [1.54, 1.807) is 0 Å². The summed E-state index contributed by atoms with van der Waals surface area (Å²) in [5, 5.41) is 12.3. The van der Waals surface area contributed by atoms with Gasteiger partial charge in [-0.3, -0.25) is 13.9 Å². The molecule has 3 rings (SSSR count). The highest BCUT2D eigenvalue weighted by Crippen LogP contribution is 2.24. The van der Waals surface area contributed by atoms with E-state index in [0.717, 1.165) is 29.0 Å². The molecule has 1 saturated heterocycles. The Hall–Kier alpha value is -3.01. The third-order valence-electron chi connectivity index (χ3n) is 4.38. The van der Waals surface area contributed by atoms with Gasteiger partial charge in [0, 0.05) is 38.6 Å². The molecule has 0 bridgehead atoms. The highest BCUT2D eigenvalue weighted by Gasteiger charge is 2.16. The van der Waals surface area contributed by atoms with Crippen LogP contribution in [0.3, 0.4) is 0 Å². The van der Waals surface area contributed by atoms with Crippen LogP contribution >= 0.6 is 0 Å². The fourth-order valence-electron chi connectivity index (χ4n) is 2.96. The molecule has 1 aliphatic heterocycles. The van der Waals surface area contributed by atoms with Gasteiger partial charge in [0.15, 0.2) is 5.56 Å². The van der Waals surface area contributed by atoms with Gasteiger partial charge in [0.25, 0.3) is 5.56 Å². The molecule has 2 aromatic rings. The summed E-state index contributed by atoms with van der Waals surface area (Å²) in [5.74, 6) is 0.208. The summed E-state index contributed by atoms with van der Waals surface area (Å²) < 4.78 is 2.20. The van der Waals surface area contributed by atoms with E-state index in [2.05, 4.69) is 10.2 Å². The molecule has 0 spiro atoms. The fourth-order valence-corrected chi connectivity index (χ4v) is 2.96. The zero-order chi connectivity index (χ0) is 17.3. The van der Waals surface area contributed by atoms with Crippen LogP contribution < -0.4 is 21.5 Å². The zero-order valence-corrected chi connectivity index (χ0v) is 13.7. The van der Waals surface area contributed by atoms with Crippen molar-refractivity contribution < 1.29 is 0 Å². The SMILES string of the molecule is Cn1c(Nc2ccc(N3CCCC3)cc2)c(C#N)c(=O)n(C)c1=O. The molecular weight excluding hydrogens is 306 g/mol. The van der Waals surface area contributed by atoms with Gasteiger partial charge in [0.05, 0.1) is 0 Å². The molecule has 1 aromatic carbocycles. The Bertz CT molecular complexity index is 912. The highest BCUT2D eigenvalue weighted by molar-refractivity contribution is 5.65. The van der Waals surface area contributed by atoms with Crippen molar-refractivity contribution in [2.24, 2.45) is 14.1 Å². The van der Waals surface area contributed by atoms with E-state index in [1.807, 2.05) is 30.3 Å². The van der Waals surface area contributed by atoms with E-state index in [0.29, 0.717) is 0 Å². The Morgan fingerprint density at radius 3 is 2.25 bits per heavy atom. The number of hydrogen-bond donors (Lipinski definition) is 1. The van der Waals surface area contributed by atoms with Crippen molar-refractivity contribution in [1.82, 2.24) is 9.13 Å². The van der Waals surface area contributed by atoms with Crippen LogP contribution in [0.25, 0.3) is 0 Å². The van der Waals surface area contributed by atoms with Crippen LogP contribution in [-0.2, 0) is 14.1 Å². The second kappa shape index (κ2) is 6.24. The molecular formula is C17H19N5O2. The maximum atomic E-state index is 12.1. The lowest BCUT2D eigenvalue weighted by Gasteiger charge is -2.18. The van der Waals surface area contributed by atoms with E-state index in [-0.39, 0.29) is 11.4 Å². The van der Waals surface area contributed by atoms with Crippen molar-refractivity contribution in [1.29, 1.82) is 5.26 Å². The molecule has 1 fully saturated rings. The minimum atomic E-state index is -0.600. The molecule has 0 saturated carbocycles. The molecule has 2 heterocycles. The van der Waals surface area contributed by atoms with Gasteiger partial charge >= 0.3 is 5.69 Å². The molecule has 0 atom stereocenters. The molecule has 7 nitrogen and oxygen atoms in total. The number of nitrogens with one attached hydrogen (secondary N) is 1. The van der Waals surface area contributed by atoms with Crippen molar-refractivity contribution in [3.05, 3.63) is 50.7 Å². The van der Waals surface area contributed by atoms with Gasteiger partial charge < -0.3 is 10.2 Å². The average molecular weight is 325 g/mol. The Morgan fingerprint density at radius 1 is 1.04 bits per heavy atom. The van der Waals surface area contributed by atoms with Crippen molar-refractivity contribution in [2.75, 3.05) is 23.3 Å². The molecule has 0 amide bonds. The first-order valence-corrected chi connectivity index (χ1v) is 7.85. The second-order valence-corrected chi connectivity index (χ2v) is 5.91. The molecule has 0 unspecified atom stereocenters. The topological polar surface area (TPSA) is 83.1 Å². The Kier molecular flexibility index (Phi) is 4.13. The average Bonchev–Trinajstić information content (AvgIpc) is 3.13. The van der Waals surface area contributed by atoms with Crippen molar-refractivity contribution in [2.45, 2.75) is 12.8 Å². The number of aromatic nitrogens is 2. The lowest BCUT2D eigenvalue weighted by atomic mass is 10.2. The Labute approximate surface area is 139 Å². The van der Waals surface area contributed by atoms with Crippen LogP contribution in [0, 0.1) is 11.3 Å². The quantitative estimate of drug-likeness (QED) is 0.920. The summed E-state index contributed by atoms with van der Waals surface area (Å²) >= 11 is 0. The summed E-state index contributed by atoms with van der Waals surface area (Å²) in [6.45, 7) is 2.13. The van der Waals surface area contributed by atoms with Gasteiger partial charge in [-0.2, -0.15) is 5.26 Å². The van der Waals surface area contributed by atoms with Gasteiger partial charge in [-0.15, -0.1) is 0 Å². The van der Waals surface area contributed by atoms with Crippen LogP contribution in [0.5, 0.6) is 0 Å². The highest BCUT2D eigenvalue weighted by atomic mass is 16.2. The van der Waals surface area contributed by atoms with Crippen LogP contribution in [0.4, 0.5) is 17.2 Å². The molecule has 0 radical (unpaired) electrons. The number of rotatable bonds is 3. The summed E-state index contributed by atoms with van der Waals surface area (Å²) in [4.78, 5) is 26.5. The Balaban J connectivity index is 1.95. The summed E-state index contributed by atoms with van der Waals surface area (Å²) in [6, 6.07) is 9.65. The van der Waals surface area contributed by atoms with Crippen LogP contribution in [0.2, 0.25) is 0 Å². The number of nitriles is 1. The predicted octanol–water partition coefficient (Wildman–Crippen LogP) is 1.30. The third kappa shape index (κ3) is 2.67. The molecule has 124 valence electrons. The minimum Gasteiger partial charge on any atom is -0.372 e. The van der Waals surface area contributed by atoms with E-state index in [9.17, 15) is 14.9 Å². The van der Waals surface area contributed by atoms with Gasteiger partial charge in [-0.1, -0.05) is 0 Å². The normalized spacial score (nSPS) is 13.8. The van der Waals surface area contributed by atoms with Crippen LogP contribution in [-0.4, -0.2) is 22.2 Å². The van der Waals surface area contributed by atoms with Crippen LogP contribution in [0.1, 0.15) is 18.4 Å². The summed E-state index contributed by atoms with van der Waals surface area (Å²) in [6.07, 6.45) is 2.42. The van der Waals surface area contributed by atoms with E-state index in [4.69, 9.17) is 0 Å². The van der Waals surface area contributed by atoms with E-state index in [1.165, 1.54) is 31.5 Å². The zero-order valence-electron chi connectivity index (χ0n) is 13.7. The van der Waals surface area contributed by atoms with E-state index >= 15 is 0 Å². The lowest BCUT2D eigenvalue weighted by molar-refractivity contribution is 0.689. The second-order valence-electron chi connectivity index (χ2n) is 5.91. The number of hydrogen-bond acceptors (Lipinski definition) is 5. The maximum absolute atomic E-state index is 12.1. The summed E-state index contributed by atoms with van der Waals surface area (Å²) in [7, 11) is 2.89. The van der Waals surface area contributed by atoms with Gasteiger partial charge in [0.2, 0.25) is 0 Å². The van der Waals surface area contributed by atoms with Crippen molar-refractivity contribution >= 4 is 17.2 Å². The number of nitrogens with zero attached hydrogens (tertiary/aromatic N) is 4. The smallest absolute Gasteiger partial charge is 0.332 e. The standard InChI is InChI=1S/C17H19N5O2/c1-20-15(14(11-18)16(23)21(2)17(20)24)19-12-5-7-13(8-6-12)22-9-3-4-10-22/h5-8,19H,3-4,9-10H2,1-2H3.